The summed E-state index contributed by atoms with van der Waals surface area (Å²) in [5, 5.41) is 9.77. The van der Waals surface area contributed by atoms with Crippen molar-refractivity contribution in [2.45, 2.75) is 46.8 Å². The van der Waals surface area contributed by atoms with Gasteiger partial charge in [-0.2, -0.15) is 5.26 Å². The van der Waals surface area contributed by atoms with Crippen LogP contribution in [0, 0.1) is 28.0 Å². The third-order valence-electron chi connectivity index (χ3n) is 4.39. The summed E-state index contributed by atoms with van der Waals surface area (Å²) in [5.41, 5.74) is -0.945. The highest BCUT2D eigenvalue weighted by atomic mass is 19.1. The van der Waals surface area contributed by atoms with Crippen LogP contribution in [0.4, 0.5) is 4.39 Å². The number of nitrogens with one attached hydrogen (secondary N) is 1. The van der Waals surface area contributed by atoms with E-state index in [9.17, 15) is 9.18 Å². The molecule has 1 aromatic rings. The summed E-state index contributed by atoms with van der Waals surface area (Å²) in [7, 11) is 0. The molecule has 5 heteroatoms. The first kappa shape index (κ1) is 14.8. The lowest BCUT2D eigenvalue weighted by atomic mass is 9.49. The Hall–Kier alpha value is -2.09. The van der Waals surface area contributed by atoms with E-state index >= 15 is 0 Å². The average molecular weight is 305 g/mol. The summed E-state index contributed by atoms with van der Waals surface area (Å²) in [6.45, 7) is 9.08. The summed E-state index contributed by atoms with van der Waals surface area (Å²) in [6, 6.07) is 5.60. The fraction of sp³-hybridized carbons (Fsp3) is 0.529. The number of hydrogen-bond donors (Lipinski definition) is 1. The molecule has 1 saturated carbocycles. The van der Waals surface area contributed by atoms with Crippen LogP contribution in [0.25, 0.3) is 0 Å². The Kier molecular flexibility index (Phi) is 3.56. The van der Waals surface area contributed by atoms with E-state index in [1.807, 2.05) is 27.7 Å². The van der Waals surface area contributed by atoms with E-state index in [0.29, 0.717) is 5.75 Å². The molecular formula is C17H21FN2O2. The van der Waals surface area contributed by atoms with Gasteiger partial charge in [0.25, 0.3) is 0 Å². The van der Waals surface area contributed by atoms with Gasteiger partial charge in [0.2, 0.25) is 5.91 Å². The summed E-state index contributed by atoms with van der Waals surface area (Å²) in [6.07, 6.45) is -0.292. The highest BCUT2D eigenvalue weighted by Gasteiger charge is 2.63. The van der Waals surface area contributed by atoms with E-state index in [4.69, 9.17) is 11.4 Å². The van der Waals surface area contributed by atoms with Crippen LogP contribution in [0.2, 0.25) is 1.41 Å². The van der Waals surface area contributed by atoms with E-state index in [0.717, 1.165) is 5.31 Å². The van der Waals surface area contributed by atoms with Crippen LogP contribution in [0.5, 0.6) is 5.75 Å². The number of carbonyl (C=O) groups excluding carboxylic acids is 1. The first-order valence-corrected chi connectivity index (χ1v) is 7.18. The number of ether oxygens (including phenoxy) is 1. The van der Waals surface area contributed by atoms with Crippen molar-refractivity contribution in [3.63, 3.8) is 0 Å². The molecule has 0 bridgehead atoms. The second-order valence-electron chi connectivity index (χ2n) is 6.94. The SMILES string of the molecule is [2H]N(C(C)=O)C1C(C)(C)C(Oc2ccc(C#N)c(F)c2)C1(C)C. The molecule has 0 atom stereocenters. The van der Waals surface area contributed by atoms with Gasteiger partial charge in [0.1, 0.15) is 23.7 Å². The molecule has 0 radical (unpaired) electrons. The van der Waals surface area contributed by atoms with Crippen molar-refractivity contribution in [1.82, 2.24) is 5.31 Å². The molecule has 0 heterocycles. The molecule has 1 fully saturated rings. The molecule has 118 valence electrons. The zero-order valence-corrected chi connectivity index (χ0v) is 13.5. The number of hydrogen-bond acceptors (Lipinski definition) is 3. The van der Waals surface area contributed by atoms with Crippen molar-refractivity contribution in [2.75, 3.05) is 0 Å². The monoisotopic (exact) mass is 305 g/mol. The number of amides is 1. The van der Waals surface area contributed by atoms with Crippen molar-refractivity contribution in [2.24, 2.45) is 10.8 Å². The van der Waals surface area contributed by atoms with Crippen molar-refractivity contribution in [1.29, 1.82) is 5.26 Å². The van der Waals surface area contributed by atoms with Crippen LogP contribution in [-0.2, 0) is 4.79 Å². The van der Waals surface area contributed by atoms with Gasteiger partial charge >= 0.3 is 0 Å². The number of nitrogens with zero attached hydrogens (tertiary/aromatic N) is 1. The van der Waals surface area contributed by atoms with E-state index in [-0.39, 0.29) is 23.6 Å². The molecule has 1 amide bonds. The lowest BCUT2D eigenvalue weighted by Crippen LogP contribution is -2.74. The van der Waals surface area contributed by atoms with Crippen molar-refractivity contribution >= 4 is 5.91 Å². The van der Waals surface area contributed by atoms with Gasteiger partial charge in [0.05, 0.1) is 5.56 Å². The highest BCUT2D eigenvalue weighted by Crippen LogP contribution is 2.55. The van der Waals surface area contributed by atoms with Crippen LogP contribution >= 0.6 is 0 Å². The van der Waals surface area contributed by atoms with Crippen LogP contribution in [0.3, 0.4) is 0 Å². The second-order valence-corrected chi connectivity index (χ2v) is 6.94. The van der Waals surface area contributed by atoms with E-state index < -0.39 is 16.6 Å². The molecule has 0 aliphatic heterocycles. The van der Waals surface area contributed by atoms with Gasteiger partial charge in [-0.15, -0.1) is 0 Å². The molecule has 4 nitrogen and oxygen atoms in total. The summed E-state index contributed by atoms with van der Waals surface area (Å²) in [4.78, 5) is 11.6. The first-order chi connectivity index (χ1) is 10.5. The molecular weight excluding hydrogens is 283 g/mol. The van der Waals surface area contributed by atoms with Crippen LogP contribution in [0.1, 0.15) is 40.2 Å². The Morgan fingerprint density at radius 1 is 1.41 bits per heavy atom. The maximum absolute atomic E-state index is 13.7. The minimum atomic E-state index is -0.623. The molecule has 0 unspecified atom stereocenters. The largest absolute Gasteiger partial charge is 0.489 e. The first-order valence-electron chi connectivity index (χ1n) is 7.63. The van der Waals surface area contributed by atoms with E-state index in [2.05, 4.69) is 0 Å². The number of nitriles is 1. The minimum Gasteiger partial charge on any atom is -0.489 e. The third-order valence-corrected chi connectivity index (χ3v) is 4.39. The number of halogens is 1. The Morgan fingerprint density at radius 2 is 2.00 bits per heavy atom. The molecule has 0 saturated heterocycles. The van der Waals surface area contributed by atoms with Gasteiger partial charge in [-0.05, 0) is 12.1 Å². The van der Waals surface area contributed by atoms with Gasteiger partial charge in [0, 0.05) is 29.9 Å². The lowest BCUT2D eigenvalue weighted by Gasteiger charge is -2.63. The van der Waals surface area contributed by atoms with Crippen molar-refractivity contribution in [3.8, 4) is 11.8 Å². The molecule has 1 N–H and O–H groups in total. The zero-order chi connectivity index (χ0) is 17.6. The molecule has 1 aromatic carbocycles. The average Bonchev–Trinajstić information content (AvgIpc) is 2.43. The van der Waals surface area contributed by atoms with Gasteiger partial charge in [-0.25, -0.2) is 4.39 Å². The topological polar surface area (TPSA) is 62.1 Å². The fourth-order valence-corrected chi connectivity index (χ4v) is 3.72. The van der Waals surface area contributed by atoms with Gasteiger partial charge in [-0.3, -0.25) is 4.79 Å². The maximum atomic E-state index is 13.7. The smallest absolute Gasteiger partial charge is 0.217 e. The molecule has 22 heavy (non-hydrogen) atoms. The standard InChI is InChI=1S/C17H21FN2O2/c1-10(21)20-14-16(2,3)15(17(14,4)5)22-12-7-6-11(9-19)13(18)8-12/h6-8,14-15H,1-5H3,(H,20,21)/i/hD. The van der Waals surface area contributed by atoms with E-state index in [1.165, 1.54) is 19.1 Å². The Morgan fingerprint density at radius 3 is 2.45 bits per heavy atom. The van der Waals surface area contributed by atoms with Gasteiger partial charge in [-0.1, -0.05) is 27.7 Å². The Bertz CT molecular complexity index is 666. The Balaban J connectivity index is 2.26. The zero-order valence-electron chi connectivity index (χ0n) is 14.5. The highest BCUT2D eigenvalue weighted by molar-refractivity contribution is 5.73. The van der Waals surface area contributed by atoms with Crippen molar-refractivity contribution < 1.29 is 15.3 Å². The fourth-order valence-electron chi connectivity index (χ4n) is 3.72. The molecule has 1 aliphatic carbocycles. The Labute approximate surface area is 131 Å². The molecule has 0 aromatic heterocycles. The number of benzene rings is 1. The third kappa shape index (κ3) is 2.54. The normalized spacial score (nSPS) is 25.4. The molecule has 0 spiro atoms. The van der Waals surface area contributed by atoms with Gasteiger partial charge in [0.15, 0.2) is 1.41 Å². The predicted molar refractivity (Wildman–Crippen MR) is 80.7 cm³/mol. The van der Waals surface area contributed by atoms with Crippen LogP contribution in [-0.4, -0.2) is 18.1 Å². The summed E-state index contributed by atoms with van der Waals surface area (Å²) < 4.78 is 27.7. The number of carbonyl (C=O) groups is 1. The maximum Gasteiger partial charge on any atom is 0.217 e. The van der Waals surface area contributed by atoms with E-state index in [1.54, 1.807) is 12.1 Å². The summed E-state index contributed by atoms with van der Waals surface area (Å²) in [5.74, 6) is -0.605. The minimum absolute atomic E-state index is 0.0312. The quantitative estimate of drug-likeness (QED) is 0.933. The lowest BCUT2D eigenvalue weighted by molar-refractivity contribution is -0.172. The molecule has 2 rings (SSSR count). The van der Waals surface area contributed by atoms with Gasteiger partial charge < -0.3 is 10.0 Å². The second kappa shape index (κ2) is 5.28. The van der Waals surface area contributed by atoms with Crippen molar-refractivity contribution in [3.05, 3.63) is 29.6 Å². The van der Waals surface area contributed by atoms with Crippen LogP contribution < -0.4 is 10.0 Å². The predicted octanol–water partition coefficient (Wildman–Crippen LogP) is 3.02. The summed E-state index contributed by atoms with van der Waals surface area (Å²) >= 11 is 0. The number of rotatable bonds is 3. The van der Waals surface area contributed by atoms with Crippen LogP contribution in [0.15, 0.2) is 18.2 Å². The molecule has 1 aliphatic rings.